The Balaban J connectivity index is 1.66. The zero-order valence-corrected chi connectivity index (χ0v) is 9.72. The number of hydrogen-bond donors (Lipinski definition) is 1. The molecule has 0 atom stereocenters. The number of hydrogen-bond acceptors (Lipinski definition) is 2. The van der Waals surface area contributed by atoms with Gasteiger partial charge in [0.25, 0.3) is 0 Å². The van der Waals surface area contributed by atoms with Gasteiger partial charge in [-0.05, 0) is 44.1 Å². The molecule has 0 aliphatic heterocycles. The molecule has 1 aliphatic rings. The van der Waals surface area contributed by atoms with Crippen LogP contribution in [0.4, 0.5) is 0 Å². The first-order chi connectivity index (χ1) is 6.79. The molecular weight excluding hydrogens is 174 g/mol. The van der Waals surface area contributed by atoms with Crippen LogP contribution >= 0.6 is 0 Å². The van der Waals surface area contributed by atoms with Crippen molar-refractivity contribution in [2.45, 2.75) is 39.5 Å². The quantitative estimate of drug-likeness (QED) is 0.576. The van der Waals surface area contributed by atoms with Crippen molar-refractivity contribution in [2.75, 3.05) is 26.3 Å². The van der Waals surface area contributed by atoms with Gasteiger partial charge in [0.05, 0.1) is 6.61 Å². The second kappa shape index (κ2) is 7.24. The van der Waals surface area contributed by atoms with E-state index in [0.29, 0.717) is 0 Å². The molecule has 1 rings (SSSR count). The van der Waals surface area contributed by atoms with Crippen LogP contribution in [0.25, 0.3) is 0 Å². The average molecular weight is 199 g/mol. The van der Waals surface area contributed by atoms with Crippen LogP contribution in [0, 0.1) is 11.8 Å². The van der Waals surface area contributed by atoms with Crippen LogP contribution in [0.2, 0.25) is 0 Å². The lowest BCUT2D eigenvalue weighted by Crippen LogP contribution is -2.22. The average Bonchev–Trinajstić information content (AvgIpc) is 2.92. The van der Waals surface area contributed by atoms with E-state index in [4.69, 9.17) is 4.74 Å². The van der Waals surface area contributed by atoms with Crippen molar-refractivity contribution in [1.82, 2.24) is 5.32 Å². The van der Waals surface area contributed by atoms with Crippen LogP contribution in [0.5, 0.6) is 0 Å². The summed E-state index contributed by atoms with van der Waals surface area (Å²) in [5.41, 5.74) is 0. The highest BCUT2D eigenvalue weighted by molar-refractivity contribution is 4.74. The highest BCUT2D eigenvalue weighted by Crippen LogP contribution is 2.27. The molecule has 2 heteroatoms. The molecule has 0 radical (unpaired) electrons. The predicted octanol–water partition coefficient (Wildman–Crippen LogP) is 2.44. The molecule has 0 spiro atoms. The molecule has 0 amide bonds. The largest absolute Gasteiger partial charge is 0.380 e. The summed E-state index contributed by atoms with van der Waals surface area (Å²) in [6.07, 6.45) is 5.36. The molecule has 0 unspecified atom stereocenters. The van der Waals surface area contributed by atoms with Gasteiger partial charge in [0, 0.05) is 13.2 Å². The Labute approximate surface area is 88.4 Å². The Hall–Kier alpha value is -0.0800. The van der Waals surface area contributed by atoms with Crippen molar-refractivity contribution in [3.63, 3.8) is 0 Å². The summed E-state index contributed by atoms with van der Waals surface area (Å²) >= 11 is 0. The zero-order valence-electron chi connectivity index (χ0n) is 9.72. The molecule has 0 aromatic rings. The van der Waals surface area contributed by atoms with Gasteiger partial charge in [-0.15, -0.1) is 0 Å². The number of rotatable bonds is 9. The maximum atomic E-state index is 5.52. The van der Waals surface area contributed by atoms with Crippen molar-refractivity contribution in [1.29, 1.82) is 0 Å². The van der Waals surface area contributed by atoms with Crippen LogP contribution in [-0.2, 0) is 4.74 Å². The van der Waals surface area contributed by atoms with Gasteiger partial charge in [0.2, 0.25) is 0 Å². The Morgan fingerprint density at radius 2 is 2.07 bits per heavy atom. The topological polar surface area (TPSA) is 21.3 Å². The van der Waals surface area contributed by atoms with Crippen molar-refractivity contribution >= 4 is 0 Å². The second-order valence-electron chi connectivity index (χ2n) is 4.80. The summed E-state index contributed by atoms with van der Waals surface area (Å²) in [6.45, 7) is 8.57. The molecule has 1 fully saturated rings. The van der Waals surface area contributed by atoms with Gasteiger partial charge in [0.1, 0.15) is 0 Å². The SMILES string of the molecule is CC(C)CCCOCCNCC1CC1. The third-order valence-electron chi connectivity index (χ3n) is 2.62. The van der Waals surface area contributed by atoms with Crippen molar-refractivity contribution in [3.8, 4) is 0 Å². The first kappa shape index (κ1) is 12.0. The lowest BCUT2D eigenvalue weighted by atomic mass is 10.1. The van der Waals surface area contributed by atoms with Crippen molar-refractivity contribution in [2.24, 2.45) is 11.8 Å². The fourth-order valence-electron chi connectivity index (χ4n) is 1.47. The smallest absolute Gasteiger partial charge is 0.0590 e. The summed E-state index contributed by atoms with van der Waals surface area (Å²) in [5, 5.41) is 3.42. The minimum absolute atomic E-state index is 0.812. The van der Waals surface area contributed by atoms with E-state index in [9.17, 15) is 0 Å². The van der Waals surface area contributed by atoms with Gasteiger partial charge in [-0.25, -0.2) is 0 Å². The highest BCUT2D eigenvalue weighted by Gasteiger charge is 2.19. The predicted molar refractivity (Wildman–Crippen MR) is 60.5 cm³/mol. The van der Waals surface area contributed by atoms with Crippen molar-refractivity contribution in [3.05, 3.63) is 0 Å². The summed E-state index contributed by atoms with van der Waals surface area (Å²) < 4.78 is 5.52. The van der Waals surface area contributed by atoms with Gasteiger partial charge in [-0.1, -0.05) is 13.8 Å². The van der Waals surface area contributed by atoms with E-state index in [1.54, 1.807) is 0 Å². The molecule has 1 aliphatic carbocycles. The molecular formula is C12H25NO. The first-order valence-electron chi connectivity index (χ1n) is 6.07. The third kappa shape index (κ3) is 7.34. The molecule has 1 saturated carbocycles. The normalized spacial score (nSPS) is 16.5. The summed E-state index contributed by atoms with van der Waals surface area (Å²) in [6, 6.07) is 0. The lowest BCUT2D eigenvalue weighted by Gasteiger charge is -2.06. The monoisotopic (exact) mass is 199 g/mol. The lowest BCUT2D eigenvalue weighted by molar-refractivity contribution is 0.129. The van der Waals surface area contributed by atoms with Crippen molar-refractivity contribution < 1.29 is 4.74 Å². The van der Waals surface area contributed by atoms with E-state index in [1.807, 2.05) is 0 Å². The van der Waals surface area contributed by atoms with Gasteiger partial charge in [-0.3, -0.25) is 0 Å². The molecule has 0 aromatic heterocycles. The maximum Gasteiger partial charge on any atom is 0.0590 e. The molecule has 0 saturated heterocycles. The van der Waals surface area contributed by atoms with E-state index in [0.717, 1.165) is 31.6 Å². The van der Waals surface area contributed by atoms with Gasteiger partial charge in [0.15, 0.2) is 0 Å². The summed E-state index contributed by atoms with van der Waals surface area (Å²) in [5.74, 6) is 1.79. The van der Waals surface area contributed by atoms with E-state index in [1.165, 1.54) is 32.2 Å². The molecule has 14 heavy (non-hydrogen) atoms. The molecule has 84 valence electrons. The fourth-order valence-corrected chi connectivity index (χ4v) is 1.47. The maximum absolute atomic E-state index is 5.52. The number of ether oxygens (including phenoxy) is 1. The van der Waals surface area contributed by atoms with E-state index in [-0.39, 0.29) is 0 Å². The fraction of sp³-hybridized carbons (Fsp3) is 1.00. The Morgan fingerprint density at radius 3 is 2.71 bits per heavy atom. The van der Waals surface area contributed by atoms with Crippen LogP contribution < -0.4 is 5.32 Å². The first-order valence-corrected chi connectivity index (χ1v) is 6.07. The Morgan fingerprint density at radius 1 is 1.29 bits per heavy atom. The van der Waals surface area contributed by atoms with Gasteiger partial charge in [-0.2, -0.15) is 0 Å². The van der Waals surface area contributed by atoms with Crippen LogP contribution in [0.15, 0.2) is 0 Å². The van der Waals surface area contributed by atoms with Gasteiger partial charge >= 0.3 is 0 Å². The Bertz CT molecular complexity index is 124. The second-order valence-corrected chi connectivity index (χ2v) is 4.80. The Kier molecular flexibility index (Phi) is 6.20. The molecule has 1 N–H and O–H groups in total. The van der Waals surface area contributed by atoms with Crippen LogP contribution in [-0.4, -0.2) is 26.3 Å². The van der Waals surface area contributed by atoms with Crippen LogP contribution in [0.3, 0.4) is 0 Å². The standard InChI is InChI=1S/C12H25NO/c1-11(2)4-3-8-14-9-7-13-10-12-5-6-12/h11-13H,3-10H2,1-2H3. The summed E-state index contributed by atoms with van der Waals surface area (Å²) in [4.78, 5) is 0. The van der Waals surface area contributed by atoms with E-state index >= 15 is 0 Å². The van der Waals surface area contributed by atoms with Gasteiger partial charge < -0.3 is 10.1 Å². The minimum atomic E-state index is 0.812. The number of nitrogens with one attached hydrogen (secondary N) is 1. The molecule has 0 bridgehead atoms. The van der Waals surface area contributed by atoms with Crippen LogP contribution in [0.1, 0.15) is 39.5 Å². The molecule has 0 aromatic carbocycles. The zero-order chi connectivity index (χ0) is 10.2. The molecule has 0 heterocycles. The highest BCUT2D eigenvalue weighted by atomic mass is 16.5. The minimum Gasteiger partial charge on any atom is -0.380 e. The summed E-state index contributed by atoms with van der Waals surface area (Å²) in [7, 11) is 0. The molecule has 2 nitrogen and oxygen atoms in total. The van der Waals surface area contributed by atoms with E-state index < -0.39 is 0 Å². The van der Waals surface area contributed by atoms with E-state index in [2.05, 4.69) is 19.2 Å². The third-order valence-corrected chi connectivity index (χ3v) is 2.62.